The number of pyridine rings is 2. The highest BCUT2D eigenvalue weighted by molar-refractivity contribution is 5.82. The number of carbonyl (C=O) groups is 1. The maximum atomic E-state index is 12.5. The second-order valence-electron chi connectivity index (χ2n) is 6.13. The lowest BCUT2D eigenvalue weighted by Gasteiger charge is -2.22. The number of hydrogen-bond acceptors (Lipinski definition) is 3. The Bertz CT molecular complexity index is 948. The van der Waals surface area contributed by atoms with E-state index in [1.54, 1.807) is 17.3 Å². The van der Waals surface area contributed by atoms with Crippen molar-refractivity contribution in [2.75, 3.05) is 0 Å². The van der Waals surface area contributed by atoms with Crippen molar-refractivity contribution in [2.24, 2.45) is 0 Å². The molecular weight excluding hydrogens is 314 g/mol. The van der Waals surface area contributed by atoms with Crippen molar-refractivity contribution < 1.29 is 4.79 Å². The van der Waals surface area contributed by atoms with Crippen molar-refractivity contribution in [3.05, 3.63) is 75.8 Å². The third-order valence-electron chi connectivity index (χ3n) is 4.28. The first-order chi connectivity index (χ1) is 12.1. The van der Waals surface area contributed by atoms with Gasteiger partial charge in [0.05, 0.1) is 12.1 Å². The second-order valence-corrected chi connectivity index (χ2v) is 6.13. The molecule has 3 aromatic rings. The quantitative estimate of drug-likeness (QED) is 0.779. The first kappa shape index (κ1) is 16.9. The molecule has 0 aliphatic heterocycles. The first-order valence-electron chi connectivity index (χ1n) is 8.36. The van der Waals surface area contributed by atoms with E-state index >= 15 is 0 Å². The number of hydrogen-bond donors (Lipinski definition) is 1. The fourth-order valence-electron chi connectivity index (χ4n) is 2.92. The number of aromatic amines is 1. The van der Waals surface area contributed by atoms with E-state index in [0.717, 1.165) is 22.0 Å². The zero-order chi connectivity index (χ0) is 17.8. The van der Waals surface area contributed by atoms with Gasteiger partial charge in [0.1, 0.15) is 0 Å². The van der Waals surface area contributed by atoms with Crippen LogP contribution in [0.25, 0.3) is 10.9 Å². The lowest BCUT2D eigenvalue weighted by atomic mass is 10.1. The van der Waals surface area contributed by atoms with Gasteiger partial charge in [0, 0.05) is 30.9 Å². The highest BCUT2D eigenvalue weighted by Crippen LogP contribution is 2.16. The number of H-pyrrole nitrogens is 1. The molecule has 0 unspecified atom stereocenters. The molecule has 0 bridgehead atoms. The normalized spacial score (nSPS) is 10.8. The Morgan fingerprint density at radius 1 is 1.20 bits per heavy atom. The molecule has 0 saturated heterocycles. The van der Waals surface area contributed by atoms with Gasteiger partial charge in [-0.1, -0.05) is 31.2 Å². The van der Waals surface area contributed by atoms with Crippen molar-refractivity contribution >= 4 is 16.8 Å². The molecular formula is C20H21N3O2. The van der Waals surface area contributed by atoms with Crippen molar-refractivity contribution in [1.82, 2.24) is 14.9 Å². The van der Waals surface area contributed by atoms with Crippen LogP contribution >= 0.6 is 0 Å². The van der Waals surface area contributed by atoms with Crippen LogP contribution in [0.2, 0.25) is 0 Å². The van der Waals surface area contributed by atoms with E-state index in [0.29, 0.717) is 18.5 Å². The average Bonchev–Trinajstić information content (AvgIpc) is 2.63. The molecule has 25 heavy (non-hydrogen) atoms. The molecule has 0 radical (unpaired) electrons. The Kier molecular flexibility index (Phi) is 4.93. The van der Waals surface area contributed by atoms with Gasteiger partial charge in [0.2, 0.25) is 5.91 Å². The molecule has 5 nitrogen and oxygen atoms in total. The van der Waals surface area contributed by atoms with E-state index in [1.165, 1.54) is 0 Å². The summed E-state index contributed by atoms with van der Waals surface area (Å²) in [5.41, 5.74) is 3.25. The molecule has 3 rings (SSSR count). The number of amides is 1. The summed E-state index contributed by atoms with van der Waals surface area (Å²) in [7, 11) is 0. The Labute approximate surface area is 146 Å². The number of nitrogens with zero attached hydrogens (tertiary/aromatic N) is 2. The van der Waals surface area contributed by atoms with Gasteiger partial charge in [0.15, 0.2) is 0 Å². The van der Waals surface area contributed by atoms with Crippen LogP contribution in [0.4, 0.5) is 0 Å². The summed E-state index contributed by atoms with van der Waals surface area (Å²) < 4.78 is 0. The zero-order valence-electron chi connectivity index (χ0n) is 14.5. The van der Waals surface area contributed by atoms with E-state index in [-0.39, 0.29) is 18.0 Å². The summed E-state index contributed by atoms with van der Waals surface area (Å²) in [6, 6.07) is 11.5. The van der Waals surface area contributed by atoms with E-state index in [4.69, 9.17) is 0 Å². The Balaban J connectivity index is 1.94. The van der Waals surface area contributed by atoms with E-state index in [1.807, 2.05) is 50.2 Å². The molecule has 0 spiro atoms. The summed E-state index contributed by atoms with van der Waals surface area (Å²) in [4.78, 5) is 33.6. The van der Waals surface area contributed by atoms with Crippen LogP contribution in [-0.2, 0) is 17.9 Å². The fraction of sp³-hybridized carbons (Fsp3) is 0.250. The van der Waals surface area contributed by atoms with Gasteiger partial charge in [-0.2, -0.15) is 0 Å². The number of nitrogens with one attached hydrogen (secondary N) is 1. The average molecular weight is 335 g/mol. The van der Waals surface area contributed by atoms with Gasteiger partial charge in [-0.25, -0.2) is 0 Å². The molecule has 1 amide bonds. The van der Waals surface area contributed by atoms with E-state index in [9.17, 15) is 9.59 Å². The number of para-hydroxylation sites is 1. The zero-order valence-corrected chi connectivity index (χ0v) is 14.5. The highest BCUT2D eigenvalue weighted by atomic mass is 16.2. The lowest BCUT2D eigenvalue weighted by Crippen LogP contribution is -2.32. The molecule has 0 atom stereocenters. The molecule has 0 aliphatic carbocycles. The number of benzene rings is 1. The Morgan fingerprint density at radius 2 is 2.04 bits per heavy atom. The van der Waals surface area contributed by atoms with Gasteiger partial charge < -0.3 is 9.88 Å². The van der Waals surface area contributed by atoms with Crippen LogP contribution in [0.3, 0.4) is 0 Å². The third-order valence-corrected chi connectivity index (χ3v) is 4.28. The maximum absolute atomic E-state index is 12.5. The van der Waals surface area contributed by atoms with Crippen molar-refractivity contribution in [1.29, 1.82) is 0 Å². The number of rotatable bonds is 5. The van der Waals surface area contributed by atoms with Gasteiger partial charge in [-0.05, 0) is 35.6 Å². The van der Waals surface area contributed by atoms with Crippen LogP contribution < -0.4 is 5.56 Å². The van der Waals surface area contributed by atoms with Crippen LogP contribution in [0.1, 0.15) is 30.0 Å². The first-order valence-corrected chi connectivity index (χ1v) is 8.36. The van der Waals surface area contributed by atoms with Gasteiger partial charge >= 0.3 is 0 Å². The minimum absolute atomic E-state index is 0.00703. The highest BCUT2D eigenvalue weighted by Gasteiger charge is 2.15. The van der Waals surface area contributed by atoms with Crippen molar-refractivity contribution in [2.45, 2.75) is 33.4 Å². The minimum atomic E-state index is -0.151. The molecule has 2 heterocycles. The maximum Gasteiger partial charge on any atom is 0.253 e. The SMILES string of the molecule is CCC(=O)N(Cc1cccnc1)Cc1cc2cccc(C)c2[nH]c1=O. The number of aryl methyl sites for hydroxylation is 1. The van der Waals surface area contributed by atoms with Gasteiger partial charge in [0.25, 0.3) is 5.56 Å². The molecule has 2 aromatic heterocycles. The van der Waals surface area contributed by atoms with Gasteiger partial charge in [-0.15, -0.1) is 0 Å². The standard InChI is InChI=1S/C20H21N3O2/c1-3-18(24)23(12-15-7-5-9-21-11-15)13-17-10-16-8-4-6-14(2)19(16)22-20(17)25/h4-11H,3,12-13H2,1-2H3,(H,22,25). The predicted molar refractivity (Wildman–Crippen MR) is 98.1 cm³/mol. The van der Waals surface area contributed by atoms with Crippen molar-refractivity contribution in [3.63, 3.8) is 0 Å². The molecule has 0 saturated carbocycles. The number of fused-ring (bicyclic) bond motifs is 1. The Hall–Kier alpha value is -2.95. The van der Waals surface area contributed by atoms with Crippen molar-refractivity contribution in [3.8, 4) is 0 Å². The van der Waals surface area contributed by atoms with Gasteiger partial charge in [-0.3, -0.25) is 14.6 Å². The summed E-state index contributed by atoms with van der Waals surface area (Å²) in [6.07, 6.45) is 3.83. The smallest absolute Gasteiger partial charge is 0.253 e. The molecule has 1 aromatic carbocycles. The summed E-state index contributed by atoms with van der Waals surface area (Å²) >= 11 is 0. The summed E-state index contributed by atoms with van der Waals surface area (Å²) in [5, 5.41) is 0.972. The molecule has 0 aliphatic rings. The third kappa shape index (κ3) is 3.76. The fourth-order valence-corrected chi connectivity index (χ4v) is 2.92. The molecule has 1 N–H and O–H groups in total. The van der Waals surface area contributed by atoms with Crippen LogP contribution in [0, 0.1) is 6.92 Å². The Morgan fingerprint density at radius 3 is 2.76 bits per heavy atom. The minimum Gasteiger partial charge on any atom is -0.334 e. The van der Waals surface area contributed by atoms with Crippen LogP contribution in [-0.4, -0.2) is 20.8 Å². The molecule has 128 valence electrons. The molecule has 0 fully saturated rings. The predicted octanol–water partition coefficient (Wildman–Crippen LogP) is 3.17. The largest absolute Gasteiger partial charge is 0.334 e. The van der Waals surface area contributed by atoms with Crippen LogP contribution in [0.15, 0.2) is 53.6 Å². The lowest BCUT2D eigenvalue weighted by molar-refractivity contribution is -0.132. The van der Waals surface area contributed by atoms with Crippen LogP contribution in [0.5, 0.6) is 0 Å². The topological polar surface area (TPSA) is 66.1 Å². The summed E-state index contributed by atoms with van der Waals surface area (Å²) in [5.74, 6) is 0.00703. The number of aromatic nitrogens is 2. The summed E-state index contributed by atoms with van der Waals surface area (Å²) in [6.45, 7) is 4.51. The number of carbonyl (C=O) groups excluding carboxylic acids is 1. The second kappa shape index (κ2) is 7.30. The monoisotopic (exact) mass is 335 g/mol. The van der Waals surface area contributed by atoms with E-state index in [2.05, 4.69) is 9.97 Å². The molecule has 5 heteroatoms. The van der Waals surface area contributed by atoms with E-state index < -0.39 is 0 Å².